The molecule has 0 amide bonds. The van der Waals surface area contributed by atoms with E-state index in [2.05, 4.69) is 24.3 Å². The molecule has 0 aromatic heterocycles. The Morgan fingerprint density at radius 3 is 1.62 bits per heavy atom. The molecule has 0 bridgehead atoms. The summed E-state index contributed by atoms with van der Waals surface area (Å²) in [6.45, 7) is 7.62. The van der Waals surface area contributed by atoms with Gasteiger partial charge in [-0.15, -0.1) is 23.5 Å². The minimum Gasteiger partial charge on any atom is -0.463 e. The molecule has 2 aromatic carbocycles. The molecule has 2 aromatic rings. The van der Waals surface area contributed by atoms with Crippen LogP contribution in [-0.2, 0) is 19.1 Å². The highest BCUT2D eigenvalue weighted by Gasteiger charge is 2.35. The van der Waals surface area contributed by atoms with Crippen molar-refractivity contribution in [1.29, 1.82) is 0 Å². The summed E-state index contributed by atoms with van der Waals surface area (Å²) < 4.78 is 10.5. The zero-order chi connectivity index (χ0) is 23.4. The number of rotatable bonds is 13. The second-order valence-corrected chi connectivity index (χ2v) is 11.2. The number of carbonyl (C=O) groups is 2. The van der Waals surface area contributed by atoms with Gasteiger partial charge in [-0.25, -0.2) is 0 Å². The topological polar surface area (TPSA) is 52.6 Å². The van der Waals surface area contributed by atoms with Gasteiger partial charge in [0.05, 0.1) is 16.3 Å². The summed E-state index contributed by atoms with van der Waals surface area (Å²) in [6, 6.07) is 20.2. The third-order valence-corrected chi connectivity index (χ3v) is 7.87. The molecule has 6 heteroatoms. The lowest BCUT2D eigenvalue weighted by atomic mass is 10.1. The minimum atomic E-state index is -0.423. The first kappa shape index (κ1) is 26.3. The second-order valence-electron chi connectivity index (χ2n) is 7.99. The maximum atomic E-state index is 12.5. The van der Waals surface area contributed by atoms with Gasteiger partial charge in [0.15, 0.2) is 0 Å². The number of benzene rings is 2. The first-order chi connectivity index (χ1) is 15.3. The lowest BCUT2D eigenvalue weighted by Gasteiger charge is -2.33. The van der Waals surface area contributed by atoms with Crippen molar-refractivity contribution in [3.8, 4) is 0 Å². The number of hydrogen-bond donors (Lipinski definition) is 0. The molecule has 1 atom stereocenters. The molecule has 0 saturated heterocycles. The molecule has 0 aliphatic heterocycles. The lowest BCUT2D eigenvalue weighted by Crippen LogP contribution is -2.25. The summed E-state index contributed by atoms with van der Waals surface area (Å²) in [7, 11) is 0. The Morgan fingerprint density at radius 2 is 1.22 bits per heavy atom. The van der Waals surface area contributed by atoms with Crippen LogP contribution in [0.3, 0.4) is 0 Å². The van der Waals surface area contributed by atoms with E-state index in [1.165, 1.54) is 0 Å². The molecule has 1 unspecified atom stereocenters. The summed E-state index contributed by atoms with van der Waals surface area (Å²) in [6.07, 6.45) is 2.29. The van der Waals surface area contributed by atoms with E-state index in [4.69, 9.17) is 9.47 Å². The van der Waals surface area contributed by atoms with Gasteiger partial charge in [-0.2, -0.15) is 0 Å². The molecule has 0 spiro atoms. The summed E-state index contributed by atoms with van der Waals surface area (Å²) >= 11 is 3.41. The summed E-state index contributed by atoms with van der Waals surface area (Å²) in [4.78, 5) is 27.1. The van der Waals surface area contributed by atoms with E-state index in [0.717, 1.165) is 16.2 Å². The van der Waals surface area contributed by atoms with Gasteiger partial charge in [0.25, 0.3) is 0 Å². The highest BCUT2D eigenvalue weighted by molar-refractivity contribution is 8.18. The minimum absolute atomic E-state index is 0.0959. The molecule has 174 valence electrons. The standard InChI is InChI=1S/C26H34O4S2/c1-5-21(4)30-25(28)17-19-26(18-16-24(27)29-20(2)3,31-22-12-8-6-9-13-22)32-23-14-10-7-11-15-23/h6-15,20-21H,5,16-19H2,1-4H3. The Labute approximate surface area is 200 Å². The number of carbonyl (C=O) groups excluding carboxylic acids is 2. The summed E-state index contributed by atoms with van der Waals surface area (Å²) in [5.41, 5.74) is 0. The molecule has 0 fully saturated rings. The highest BCUT2D eigenvalue weighted by atomic mass is 32.2. The van der Waals surface area contributed by atoms with Gasteiger partial charge in [-0.05, 0) is 64.3 Å². The average Bonchev–Trinajstić information content (AvgIpc) is 2.77. The fourth-order valence-corrected chi connectivity index (χ4v) is 6.04. The quantitative estimate of drug-likeness (QED) is 0.175. The van der Waals surface area contributed by atoms with E-state index in [1.54, 1.807) is 23.5 Å². The lowest BCUT2D eigenvalue weighted by molar-refractivity contribution is -0.148. The average molecular weight is 475 g/mol. The second kappa shape index (κ2) is 13.6. The SMILES string of the molecule is CCC(C)OC(=O)CCC(CCC(=O)OC(C)C)(Sc1ccccc1)Sc1ccccc1. The predicted octanol–water partition coefficient (Wildman–Crippen LogP) is 7.12. The van der Waals surface area contributed by atoms with Crippen molar-refractivity contribution in [3.63, 3.8) is 0 Å². The molecule has 0 saturated carbocycles. The number of ether oxygens (including phenoxy) is 2. The number of esters is 2. The third-order valence-electron chi connectivity index (χ3n) is 4.79. The fourth-order valence-electron chi connectivity index (χ4n) is 3.03. The van der Waals surface area contributed by atoms with Gasteiger partial charge in [0, 0.05) is 22.6 Å². The van der Waals surface area contributed by atoms with Crippen molar-refractivity contribution in [3.05, 3.63) is 60.7 Å². The fraction of sp³-hybridized carbons (Fsp3) is 0.462. The van der Waals surface area contributed by atoms with Crippen molar-refractivity contribution >= 4 is 35.5 Å². The van der Waals surface area contributed by atoms with E-state index in [-0.39, 0.29) is 30.6 Å². The third kappa shape index (κ3) is 9.70. The van der Waals surface area contributed by atoms with Crippen LogP contribution >= 0.6 is 23.5 Å². The van der Waals surface area contributed by atoms with Crippen LogP contribution in [0.2, 0.25) is 0 Å². The van der Waals surface area contributed by atoms with Crippen LogP contribution in [0.4, 0.5) is 0 Å². The molecule has 0 aliphatic carbocycles. The van der Waals surface area contributed by atoms with Gasteiger partial charge in [-0.1, -0.05) is 43.3 Å². The van der Waals surface area contributed by atoms with E-state index < -0.39 is 4.08 Å². The Morgan fingerprint density at radius 1 is 0.781 bits per heavy atom. The molecular formula is C26H34O4S2. The van der Waals surface area contributed by atoms with Gasteiger partial charge in [0.2, 0.25) is 0 Å². The number of thioether (sulfide) groups is 2. The summed E-state index contributed by atoms with van der Waals surface area (Å²) in [5, 5.41) is 0. The predicted molar refractivity (Wildman–Crippen MR) is 133 cm³/mol. The molecule has 0 radical (unpaired) electrons. The largest absolute Gasteiger partial charge is 0.463 e. The van der Waals surface area contributed by atoms with Crippen LogP contribution in [0.1, 0.15) is 59.8 Å². The maximum Gasteiger partial charge on any atom is 0.306 e. The molecule has 2 rings (SSSR count). The van der Waals surface area contributed by atoms with Crippen molar-refractivity contribution in [2.45, 2.75) is 85.9 Å². The van der Waals surface area contributed by atoms with E-state index >= 15 is 0 Å². The van der Waals surface area contributed by atoms with Crippen LogP contribution in [-0.4, -0.2) is 28.2 Å². The first-order valence-corrected chi connectivity index (χ1v) is 12.8. The maximum absolute atomic E-state index is 12.5. The van der Waals surface area contributed by atoms with Crippen molar-refractivity contribution in [2.75, 3.05) is 0 Å². The normalized spacial score (nSPS) is 12.4. The van der Waals surface area contributed by atoms with E-state index in [9.17, 15) is 9.59 Å². The van der Waals surface area contributed by atoms with Gasteiger partial charge >= 0.3 is 11.9 Å². The Bertz CT molecular complexity index is 783. The Hall–Kier alpha value is -1.92. The molecule has 32 heavy (non-hydrogen) atoms. The molecule has 0 aliphatic rings. The van der Waals surface area contributed by atoms with Gasteiger partial charge in [-0.3, -0.25) is 9.59 Å². The smallest absolute Gasteiger partial charge is 0.306 e. The molecular weight excluding hydrogens is 440 g/mol. The zero-order valence-corrected chi connectivity index (χ0v) is 21.0. The van der Waals surface area contributed by atoms with Gasteiger partial charge in [0.1, 0.15) is 0 Å². The van der Waals surface area contributed by atoms with Crippen LogP contribution in [0, 0.1) is 0 Å². The van der Waals surface area contributed by atoms with Crippen LogP contribution in [0.5, 0.6) is 0 Å². The van der Waals surface area contributed by atoms with Crippen molar-refractivity contribution in [1.82, 2.24) is 0 Å². The van der Waals surface area contributed by atoms with Crippen molar-refractivity contribution in [2.24, 2.45) is 0 Å². The highest BCUT2D eigenvalue weighted by Crippen LogP contribution is 2.51. The summed E-state index contributed by atoms with van der Waals surface area (Å²) in [5.74, 6) is -0.412. The number of hydrogen-bond acceptors (Lipinski definition) is 6. The molecule has 4 nitrogen and oxygen atoms in total. The monoisotopic (exact) mass is 474 g/mol. The Kier molecular flexibility index (Phi) is 11.2. The van der Waals surface area contributed by atoms with Crippen LogP contribution < -0.4 is 0 Å². The molecule has 0 N–H and O–H groups in total. The van der Waals surface area contributed by atoms with Gasteiger partial charge < -0.3 is 9.47 Å². The van der Waals surface area contributed by atoms with Crippen LogP contribution in [0.15, 0.2) is 70.5 Å². The van der Waals surface area contributed by atoms with Crippen LogP contribution in [0.25, 0.3) is 0 Å². The molecule has 0 heterocycles. The first-order valence-electron chi connectivity index (χ1n) is 11.2. The zero-order valence-electron chi connectivity index (χ0n) is 19.4. The Balaban J connectivity index is 2.28. The van der Waals surface area contributed by atoms with E-state index in [1.807, 2.05) is 64.1 Å². The van der Waals surface area contributed by atoms with E-state index in [0.29, 0.717) is 19.3 Å². The van der Waals surface area contributed by atoms with Crippen molar-refractivity contribution < 1.29 is 19.1 Å².